The van der Waals surface area contributed by atoms with E-state index >= 15 is 0 Å². The van der Waals surface area contributed by atoms with Crippen LogP contribution in [0.25, 0.3) is 0 Å². The van der Waals surface area contributed by atoms with Crippen molar-refractivity contribution in [3.05, 3.63) is 42.0 Å². The highest BCUT2D eigenvalue weighted by Gasteiger charge is 2.36. The van der Waals surface area contributed by atoms with Crippen LogP contribution in [0.1, 0.15) is 56.7 Å². The molecule has 2 aromatic rings. The maximum Gasteiger partial charge on any atom is 0.263 e. The van der Waals surface area contributed by atoms with Gasteiger partial charge in [-0.2, -0.15) is 0 Å². The number of nitrogens with zero attached hydrogens (tertiary/aromatic N) is 4. The minimum atomic E-state index is -0.510. The molecule has 6 heteroatoms. The summed E-state index contributed by atoms with van der Waals surface area (Å²) < 4.78 is 8.11. The van der Waals surface area contributed by atoms with Gasteiger partial charge in [0.1, 0.15) is 11.6 Å². The summed E-state index contributed by atoms with van der Waals surface area (Å²) in [6, 6.07) is 9.54. The van der Waals surface area contributed by atoms with Gasteiger partial charge in [-0.1, -0.05) is 24.6 Å². The van der Waals surface area contributed by atoms with Crippen molar-refractivity contribution < 1.29 is 9.53 Å². The van der Waals surface area contributed by atoms with Crippen molar-refractivity contribution >= 4 is 5.91 Å². The van der Waals surface area contributed by atoms with Crippen molar-refractivity contribution in [2.24, 2.45) is 0 Å². The summed E-state index contributed by atoms with van der Waals surface area (Å²) in [5, 5.41) is 8.89. The van der Waals surface area contributed by atoms with E-state index in [9.17, 15) is 4.79 Å². The molecular formula is C20H26N4O2. The standard InChI is InChI=1S/C20H26N4O2/c1-15(26-16-9-4-2-5-10-16)20(25)23-14-8-11-17(23)19-22-21-18-12-6-3-7-13-24(18)19/h2,4-5,9-10,15,17H,3,6-8,11-14H2,1H3/t15-,17+/m1/s1. The van der Waals surface area contributed by atoms with Gasteiger partial charge in [-0.3, -0.25) is 4.79 Å². The molecule has 26 heavy (non-hydrogen) atoms. The second-order valence-corrected chi connectivity index (χ2v) is 7.20. The molecule has 2 aliphatic heterocycles. The van der Waals surface area contributed by atoms with Crippen LogP contribution >= 0.6 is 0 Å². The van der Waals surface area contributed by atoms with Crippen LogP contribution in [-0.2, 0) is 17.8 Å². The molecule has 2 atom stereocenters. The molecule has 0 bridgehead atoms. The maximum absolute atomic E-state index is 13.0. The Morgan fingerprint density at radius 2 is 1.96 bits per heavy atom. The molecule has 138 valence electrons. The number of hydrogen-bond donors (Lipinski definition) is 0. The Morgan fingerprint density at radius 3 is 2.81 bits per heavy atom. The number of benzene rings is 1. The van der Waals surface area contributed by atoms with Crippen LogP contribution in [0.4, 0.5) is 0 Å². The number of amides is 1. The summed E-state index contributed by atoms with van der Waals surface area (Å²) in [5.41, 5.74) is 0. The molecule has 0 unspecified atom stereocenters. The quantitative estimate of drug-likeness (QED) is 0.846. The van der Waals surface area contributed by atoms with Crippen LogP contribution in [-0.4, -0.2) is 38.2 Å². The fraction of sp³-hybridized carbons (Fsp3) is 0.550. The van der Waals surface area contributed by atoms with E-state index in [-0.39, 0.29) is 11.9 Å². The lowest BCUT2D eigenvalue weighted by Crippen LogP contribution is -2.40. The Balaban J connectivity index is 1.51. The van der Waals surface area contributed by atoms with Gasteiger partial charge in [0.15, 0.2) is 11.9 Å². The summed E-state index contributed by atoms with van der Waals surface area (Å²) in [6.07, 6.45) is 5.99. The molecule has 0 N–H and O–H groups in total. The molecule has 1 aromatic carbocycles. The molecule has 3 heterocycles. The summed E-state index contributed by atoms with van der Waals surface area (Å²) >= 11 is 0. The topological polar surface area (TPSA) is 60.2 Å². The third-order valence-corrected chi connectivity index (χ3v) is 5.38. The van der Waals surface area contributed by atoms with E-state index in [1.807, 2.05) is 42.2 Å². The minimum Gasteiger partial charge on any atom is -0.481 e. The number of carbonyl (C=O) groups excluding carboxylic acids is 1. The second kappa shape index (κ2) is 7.48. The van der Waals surface area contributed by atoms with Gasteiger partial charge in [-0.05, 0) is 44.7 Å². The van der Waals surface area contributed by atoms with Crippen molar-refractivity contribution in [3.63, 3.8) is 0 Å². The van der Waals surface area contributed by atoms with Gasteiger partial charge in [0.2, 0.25) is 0 Å². The van der Waals surface area contributed by atoms with Gasteiger partial charge in [-0.15, -0.1) is 10.2 Å². The second-order valence-electron chi connectivity index (χ2n) is 7.20. The van der Waals surface area contributed by atoms with Crippen molar-refractivity contribution in [3.8, 4) is 5.75 Å². The number of likely N-dealkylation sites (tertiary alicyclic amines) is 1. The minimum absolute atomic E-state index is 0.0173. The maximum atomic E-state index is 13.0. The van der Waals surface area contributed by atoms with Crippen LogP contribution in [0.2, 0.25) is 0 Å². The molecular weight excluding hydrogens is 328 g/mol. The largest absolute Gasteiger partial charge is 0.481 e. The monoisotopic (exact) mass is 354 g/mol. The smallest absolute Gasteiger partial charge is 0.263 e. The van der Waals surface area contributed by atoms with E-state index in [0.29, 0.717) is 0 Å². The van der Waals surface area contributed by atoms with E-state index in [0.717, 1.165) is 56.2 Å². The molecule has 1 fully saturated rings. The zero-order valence-electron chi connectivity index (χ0n) is 15.3. The SMILES string of the molecule is C[C@@H](Oc1ccccc1)C(=O)N1CCC[C@H]1c1nnc2n1CCCCC2. The number of aryl methyl sites for hydroxylation is 1. The third-order valence-electron chi connectivity index (χ3n) is 5.38. The predicted octanol–water partition coefficient (Wildman–Crippen LogP) is 3.14. The fourth-order valence-electron chi connectivity index (χ4n) is 4.04. The summed E-state index contributed by atoms with van der Waals surface area (Å²) in [5.74, 6) is 2.79. The number of rotatable bonds is 4. The highest BCUT2D eigenvalue weighted by atomic mass is 16.5. The summed E-state index contributed by atoms with van der Waals surface area (Å²) in [6.45, 7) is 3.55. The summed E-state index contributed by atoms with van der Waals surface area (Å²) in [7, 11) is 0. The summed E-state index contributed by atoms with van der Waals surface area (Å²) in [4.78, 5) is 15.0. The lowest BCUT2D eigenvalue weighted by molar-refractivity contribution is -0.139. The molecule has 4 rings (SSSR count). The number of ether oxygens (including phenoxy) is 1. The van der Waals surface area contributed by atoms with Gasteiger partial charge < -0.3 is 14.2 Å². The van der Waals surface area contributed by atoms with Crippen LogP contribution in [0.3, 0.4) is 0 Å². The first-order valence-corrected chi connectivity index (χ1v) is 9.68. The van der Waals surface area contributed by atoms with Gasteiger partial charge in [0.25, 0.3) is 5.91 Å². The van der Waals surface area contributed by atoms with E-state index in [4.69, 9.17) is 4.74 Å². The molecule has 1 saturated heterocycles. The highest BCUT2D eigenvalue weighted by Crippen LogP contribution is 2.33. The first kappa shape index (κ1) is 17.1. The lowest BCUT2D eigenvalue weighted by atomic mass is 10.2. The average Bonchev–Trinajstić information content (AvgIpc) is 3.22. The Kier molecular flexibility index (Phi) is 4.91. The van der Waals surface area contributed by atoms with Gasteiger partial charge in [0, 0.05) is 19.5 Å². The lowest BCUT2D eigenvalue weighted by Gasteiger charge is -2.27. The number of fused-ring (bicyclic) bond motifs is 1. The highest BCUT2D eigenvalue weighted by molar-refractivity contribution is 5.81. The van der Waals surface area contributed by atoms with Crippen LogP contribution in [0, 0.1) is 0 Å². The molecule has 1 aromatic heterocycles. The zero-order valence-corrected chi connectivity index (χ0v) is 15.3. The number of para-hydroxylation sites is 1. The average molecular weight is 354 g/mol. The Hall–Kier alpha value is -2.37. The van der Waals surface area contributed by atoms with Crippen molar-refractivity contribution in [1.29, 1.82) is 0 Å². The normalized spacial score (nSPS) is 21.1. The van der Waals surface area contributed by atoms with Crippen molar-refractivity contribution in [2.75, 3.05) is 6.54 Å². The first-order chi connectivity index (χ1) is 12.7. The first-order valence-electron chi connectivity index (χ1n) is 9.68. The van der Waals surface area contributed by atoms with Crippen LogP contribution in [0.5, 0.6) is 5.75 Å². The van der Waals surface area contributed by atoms with E-state index in [2.05, 4.69) is 14.8 Å². The Labute approximate surface area is 154 Å². The van der Waals surface area contributed by atoms with Crippen molar-refractivity contribution in [1.82, 2.24) is 19.7 Å². The molecule has 0 saturated carbocycles. The third kappa shape index (κ3) is 3.32. The molecule has 0 spiro atoms. The molecule has 6 nitrogen and oxygen atoms in total. The molecule has 1 amide bonds. The molecule has 0 radical (unpaired) electrons. The van der Waals surface area contributed by atoms with E-state index < -0.39 is 6.10 Å². The zero-order chi connectivity index (χ0) is 17.9. The number of hydrogen-bond acceptors (Lipinski definition) is 4. The predicted molar refractivity (Wildman–Crippen MR) is 97.8 cm³/mol. The van der Waals surface area contributed by atoms with E-state index in [1.165, 1.54) is 12.8 Å². The fourth-order valence-corrected chi connectivity index (χ4v) is 4.04. The van der Waals surface area contributed by atoms with Gasteiger partial charge in [-0.25, -0.2) is 0 Å². The van der Waals surface area contributed by atoms with Crippen LogP contribution in [0.15, 0.2) is 30.3 Å². The van der Waals surface area contributed by atoms with E-state index in [1.54, 1.807) is 0 Å². The Bertz CT molecular complexity index is 758. The van der Waals surface area contributed by atoms with Crippen LogP contribution < -0.4 is 4.74 Å². The van der Waals surface area contributed by atoms with Crippen molar-refractivity contribution in [2.45, 2.75) is 64.1 Å². The molecule has 2 aliphatic rings. The number of aromatic nitrogens is 3. The molecule has 0 aliphatic carbocycles. The number of carbonyl (C=O) groups is 1. The Morgan fingerprint density at radius 1 is 1.12 bits per heavy atom. The van der Waals surface area contributed by atoms with Gasteiger partial charge in [0.05, 0.1) is 6.04 Å². The van der Waals surface area contributed by atoms with Gasteiger partial charge >= 0.3 is 0 Å².